The Morgan fingerprint density at radius 2 is 1.59 bits per heavy atom. The van der Waals surface area contributed by atoms with Crippen molar-refractivity contribution >= 4 is 28.0 Å². The van der Waals surface area contributed by atoms with Crippen molar-refractivity contribution in [2.75, 3.05) is 0 Å². The van der Waals surface area contributed by atoms with Gasteiger partial charge in [0, 0.05) is 0 Å². The van der Waals surface area contributed by atoms with Gasteiger partial charge in [0.2, 0.25) is 0 Å². The zero-order chi connectivity index (χ0) is 12.9. The van der Waals surface area contributed by atoms with E-state index in [1.54, 1.807) is 0 Å². The van der Waals surface area contributed by atoms with Crippen molar-refractivity contribution in [1.29, 1.82) is 0 Å². The summed E-state index contributed by atoms with van der Waals surface area (Å²) in [5.74, 6) is 0. The summed E-state index contributed by atoms with van der Waals surface area (Å²) in [6.45, 7) is 6.19. The van der Waals surface area contributed by atoms with E-state index in [1.165, 1.54) is 0 Å². The van der Waals surface area contributed by atoms with Crippen LogP contribution in [0.5, 0.6) is 0 Å². The second kappa shape index (κ2) is 6.26. The van der Waals surface area contributed by atoms with Crippen LogP contribution in [0.25, 0.3) is 0 Å². The molecule has 1 aromatic rings. The Morgan fingerprint density at radius 3 is 2.06 bits per heavy atom. The number of hydrogen-bond donors (Lipinski definition) is 2. The summed E-state index contributed by atoms with van der Waals surface area (Å²) >= 11 is 0. The molecule has 1 aromatic carbocycles. The Kier molecular flexibility index (Phi) is 5.27. The largest absolute Gasteiger partial charge is 0.470 e. The summed E-state index contributed by atoms with van der Waals surface area (Å²) in [5, 5.41) is 17.4. The van der Waals surface area contributed by atoms with Crippen molar-refractivity contribution in [2.45, 2.75) is 26.2 Å². The van der Waals surface area contributed by atoms with Gasteiger partial charge in [-0.2, -0.15) is 0 Å². The minimum absolute atomic E-state index is 0.0908. The zero-order valence-corrected chi connectivity index (χ0v) is 10.3. The molecular formula is C10H15B3O4. The first-order valence-corrected chi connectivity index (χ1v) is 5.33. The van der Waals surface area contributed by atoms with Gasteiger partial charge in [0.25, 0.3) is 0 Å². The molecule has 0 spiro atoms. The number of rotatable bonds is 5. The van der Waals surface area contributed by atoms with Crippen LogP contribution in [0.4, 0.5) is 0 Å². The van der Waals surface area contributed by atoms with E-state index in [0.29, 0.717) is 15.4 Å². The summed E-state index contributed by atoms with van der Waals surface area (Å²) in [4.78, 5) is 0. The van der Waals surface area contributed by atoms with Gasteiger partial charge in [-0.05, 0) is 16.4 Å². The van der Waals surface area contributed by atoms with Crippen molar-refractivity contribution in [1.82, 2.24) is 0 Å². The van der Waals surface area contributed by atoms with Crippen molar-refractivity contribution in [2.24, 2.45) is 0 Å². The molecule has 0 bridgehead atoms. The molecule has 1 rings (SSSR count). The fourth-order valence-corrected chi connectivity index (χ4v) is 1.67. The molecule has 0 aromatic heterocycles. The maximum atomic E-state index is 8.70. The summed E-state index contributed by atoms with van der Waals surface area (Å²) in [7, 11) is 0.238. The molecule has 0 aliphatic rings. The quantitative estimate of drug-likeness (QED) is 0.687. The molecule has 0 aliphatic heterocycles. The first-order chi connectivity index (χ1) is 8.00. The lowest BCUT2D eigenvalue weighted by molar-refractivity contribution is 0.375. The molecule has 0 saturated carbocycles. The van der Waals surface area contributed by atoms with E-state index in [4.69, 9.17) is 19.2 Å². The normalized spacial score (nSPS) is 11.1. The van der Waals surface area contributed by atoms with Gasteiger partial charge in [-0.3, -0.25) is 0 Å². The fourth-order valence-electron chi connectivity index (χ4n) is 1.67. The lowest BCUT2D eigenvalue weighted by Crippen LogP contribution is -2.43. The van der Waals surface area contributed by atoms with E-state index in [9.17, 15) is 0 Å². The van der Waals surface area contributed by atoms with E-state index in [0.717, 1.165) is 11.0 Å². The Morgan fingerprint density at radius 1 is 1.06 bits per heavy atom. The molecule has 4 nitrogen and oxygen atoms in total. The van der Waals surface area contributed by atoms with Gasteiger partial charge in [0.1, 0.15) is 0 Å². The van der Waals surface area contributed by atoms with Crippen LogP contribution in [0.2, 0.25) is 0 Å². The topological polar surface area (TPSA) is 58.9 Å². The molecule has 0 amide bonds. The van der Waals surface area contributed by atoms with Crippen molar-refractivity contribution in [3.8, 4) is 0 Å². The molecule has 0 saturated heterocycles. The molecule has 0 atom stereocenters. The highest BCUT2D eigenvalue weighted by Crippen LogP contribution is 2.20. The van der Waals surface area contributed by atoms with Gasteiger partial charge in [0.05, 0.1) is 0 Å². The molecule has 0 heterocycles. The Labute approximate surface area is 104 Å². The maximum absolute atomic E-state index is 8.70. The molecule has 17 heavy (non-hydrogen) atoms. The third kappa shape index (κ3) is 3.89. The van der Waals surface area contributed by atoms with Crippen LogP contribution in [0.3, 0.4) is 0 Å². The lowest BCUT2D eigenvalue weighted by atomic mass is 9.68. The van der Waals surface area contributed by atoms with Gasteiger partial charge in [-0.15, -0.1) is 0 Å². The minimum atomic E-state index is -0.861. The monoisotopic (exact) mass is 232 g/mol. The number of benzene rings is 1. The smallest absolute Gasteiger partial charge is 0.450 e. The molecular weight excluding hydrogens is 217 g/mol. The first-order valence-electron chi connectivity index (χ1n) is 5.33. The van der Waals surface area contributed by atoms with E-state index in [-0.39, 0.29) is 5.41 Å². The Balaban J connectivity index is 3.09. The molecule has 7 heteroatoms. The highest BCUT2D eigenvalue weighted by atomic mass is 16.6. The summed E-state index contributed by atoms with van der Waals surface area (Å²) in [5.41, 5.74) is 1.69. The second-order valence-corrected chi connectivity index (χ2v) is 4.65. The van der Waals surface area contributed by atoms with Gasteiger partial charge in [-0.25, -0.2) is 0 Å². The van der Waals surface area contributed by atoms with Crippen LogP contribution in [-0.2, 0) is 14.6 Å². The SMILES string of the molecule is CC(C)(C)c1ccccc1B(O[B]O)O[B]O. The maximum Gasteiger partial charge on any atom is 0.470 e. The van der Waals surface area contributed by atoms with Crippen LogP contribution >= 0.6 is 0 Å². The van der Waals surface area contributed by atoms with Gasteiger partial charge >= 0.3 is 22.5 Å². The third-order valence-electron chi connectivity index (χ3n) is 2.39. The fraction of sp³-hybridized carbons (Fsp3) is 0.400. The average molecular weight is 232 g/mol. The first kappa shape index (κ1) is 14.3. The standard InChI is InChI=1S/C10H15B3O4/c1-10(2,3)8-6-4-5-7-9(8)13(16-11-14)17-12-15/h4-7,14-15H,1-3H3. The van der Waals surface area contributed by atoms with E-state index < -0.39 is 7.12 Å². The van der Waals surface area contributed by atoms with E-state index in [1.807, 2.05) is 24.3 Å². The minimum Gasteiger partial charge on any atom is -0.450 e. The Hall–Kier alpha value is -0.745. The van der Waals surface area contributed by atoms with Crippen LogP contribution < -0.4 is 5.46 Å². The van der Waals surface area contributed by atoms with Crippen molar-refractivity contribution < 1.29 is 19.2 Å². The van der Waals surface area contributed by atoms with Gasteiger partial charge in [-0.1, -0.05) is 45.0 Å². The zero-order valence-electron chi connectivity index (χ0n) is 10.3. The predicted molar refractivity (Wildman–Crippen MR) is 68.6 cm³/mol. The molecule has 0 fully saturated rings. The van der Waals surface area contributed by atoms with Crippen LogP contribution in [0.1, 0.15) is 26.3 Å². The Bertz CT molecular complexity index is 348. The summed E-state index contributed by atoms with van der Waals surface area (Å²) < 4.78 is 9.84. The van der Waals surface area contributed by atoms with Crippen LogP contribution in [-0.4, -0.2) is 32.5 Å². The van der Waals surface area contributed by atoms with Crippen molar-refractivity contribution in [3.63, 3.8) is 0 Å². The predicted octanol–water partition coefficient (Wildman–Crippen LogP) is -0.234. The van der Waals surface area contributed by atoms with Gasteiger partial charge < -0.3 is 19.2 Å². The van der Waals surface area contributed by atoms with Crippen LogP contribution in [0, 0.1) is 0 Å². The highest BCUT2D eigenvalue weighted by Gasteiger charge is 2.28. The van der Waals surface area contributed by atoms with E-state index in [2.05, 4.69) is 20.8 Å². The van der Waals surface area contributed by atoms with Gasteiger partial charge in [0.15, 0.2) is 0 Å². The number of hydrogen-bond acceptors (Lipinski definition) is 4. The summed E-state index contributed by atoms with van der Waals surface area (Å²) in [6, 6.07) is 7.56. The molecule has 2 radical (unpaired) electrons. The molecule has 88 valence electrons. The second-order valence-electron chi connectivity index (χ2n) is 4.65. The third-order valence-corrected chi connectivity index (χ3v) is 2.39. The lowest BCUT2D eigenvalue weighted by Gasteiger charge is -2.25. The van der Waals surface area contributed by atoms with Crippen molar-refractivity contribution in [3.05, 3.63) is 29.8 Å². The average Bonchev–Trinajstić information content (AvgIpc) is 2.28. The molecule has 0 unspecified atom stereocenters. The van der Waals surface area contributed by atoms with E-state index >= 15 is 0 Å². The molecule has 2 N–H and O–H groups in total. The van der Waals surface area contributed by atoms with Crippen LogP contribution in [0.15, 0.2) is 24.3 Å². The highest BCUT2D eigenvalue weighted by molar-refractivity contribution is 6.69. The summed E-state index contributed by atoms with van der Waals surface area (Å²) in [6.07, 6.45) is 0. The molecule has 0 aliphatic carbocycles.